The Morgan fingerprint density at radius 3 is 2.76 bits per heavy atom. The van der Waals surface area contributed by atoms with Gasteiger partial charge in [0.2, 0.25) is 5.95 Å². The van der Waals surface area contributed by atoms with E-state index in [9.17, 15) is 4.79 Å². The average molecular weight is 301 g/mol. The fourth-order valence-corrected chi connectivity index (χ4v) is 2.41. The first-order chi connectivity index (χ1) is 10.2. The minimum absolute atomic E-state index is 0.164. The van der Waals surface area contributed by atoms with Crippen LogP contribution in [-0.2, 0) is 6.54 Å². The zero-order valence-corrected chi connectivity index (χ0v) is 12.6. The first-order valence-electron chi connectivity index (χ1n) is 6.49. The molecule has 6 nitrogen and oxygen atoms in total. The molecule has 0 spiro atoms. The molecule has 0 bridgehead atoms. The lowest BCUT2D eigenvalue weighted by Gasteiger charge is -2.03. The maximum absolute atomic E-state index is 11.8. The van der Waals surface area contributed by atoms with Crippen molar-refractivity contribution in [3.8, 4) is 0 Å². The molecule has 7 heteroatoms. The van der Waals surface area contributed by atoms with Gasteiger partial charge in [0.05, 0.1) is 0 Å². The molecule has 2 heterocycles. The highest BCUT2D eigenvalue weighted by atomic mass is 32.2. The predicted molar refractivity (Wildman–Crippen MR) is 83.9 cm³/mol. The summed E-state index contributed by atoms with van der Waals surface area (Å²) in [6.07, 6.45) is 2.05. The van der Waals surface area contributed by atoms with Gasteiger partial charge in [-0.3, -0.25) is 9.89 Å². The van der Waals surface area contributed by atoms with Crippen LogP contribution in [0.25, 0.3) is 5.78 Å². The Bertz CT molecular complexity index is 821. The van der Waals surface area contributed by atoms with E-state index in [1.807, 2.05) is 6.26 Å². The molecule has 0 aliphatic carbocycles. The van der Waals surface area contributed by atoms with Crippen molar-refractivity contribution in [1.29, 1.82) is 0 Å². The molecule has 0 saturated carbocycles. The summed E-state index contributed by atoms with van der Waals surface area (Å²) in [5.74, 6) is 0.902. The molecule has 1 aromatic carbocycles. The normalized spacial score (nSPS) is 11.0. The highest BCUT2D eigenvalue weighted by Crippen LogP contribution is 2.15. The van der Waals surface area contributed by atoms with E-state index in [0.29, 0.717) is 24.0 Å². The van der Waals surface area contributed by atoms with Crippen molar-refractivity contribution in [2.75, 3.05) is 11.6 Å². The summed E-state index contributed by atoms with van der Waals surface area (Å²) in [4.78, 5) is 21.5. The third kappa shape index (κ3) is 2.92. The molecule has 0 atom stereocenters. The molecular weight excluding hydrogens is 286 g/mol. The highest BCUT2D eigenvalue weighted by molar-refractivity contribution is 7.98. The van der Waals surface area contributed by atoms with Crippen LogP contribution in [-0.4, -0.2) is 25.8 Å². The zero-order chi connectivity index (χ0) is 14.8. The Morgan fingerprint density at radius 1 is 1.29 bits per heavy atom. The molecule has 2 N–H and O–H groups in total. The van der Waals surface area contributed by atoms with Crippen LogP contribution >= 0.6 is 11.8 Å². The first kappa shape index (κ1) is 13.7. The van der Waals surface area contributed by atoms with E-state index in [1.54, 1.807) is 18.7 Å². The summed E-state index contributed by atoms with van der Waals surface area (Å²) >= 11 is 1.71. The molecule has 0 unspecified atom stereocenters. The van der Waals surface area contributed by atoms with Gasteiger partial charge in [0.25, 0.3) is 11.3 Å². The summed E-state index contributed by atoms with van der Waals surface area (Å²) < 4.78 is 1.33. The first-order valence-corrected chi connectivity index (χ1v) is 7.71. The Morgan fingerprint density at radius 2 is 2.05 bits per heavy atom. The Balaban J connectivity index is 1.78. The van der Waals surface area contributed by atoms with E-state index in [0.717, 1.165) is 5.56 Å². The van der Waals surface area contributed by atoms with E-state index in [1.165, 1.54) is 15.5 Å². The van der Waals surface area contributed by atoms with Crippen LogP contribution in [0, 0.1) is 6.92 Å². The van der Waals surface area contributed by atoms with Gasteiger partial charge < -0.3 is 5.32 Å². The quantitative estimate of drug-likeness (QED) is 0.722. The summed E-state index contributed by atoms with van der Waals surface area (Å²) in [5, 5.41) is 6.06. The lowest BCUT2D eigenvalue weighted by molar-refractivity contribution is 0.886. The topological polar surface area (TPSA) is 75.1 Å². The number of aromatic nitrogens is 4. The number of hydrogen-bond acceptors (Lipinski definition) is 5. The maximum atomic E-state index is 11.8. The van der Waals surface area contributed by atoms with Crippen LogP contribution in [0.15, 0.2) is 40.0 Å². The number of nitrogens with one attached hydrogen (secondary N) is 2. The number of nitrogens with zero attached hydrogens (tertiary/aromatic N) is 3. The Hall–Kier alpha value is -2.28. The fourth-order valence-electron chi connectivity index (χ4n) is 2.00. The summed E-state index contributed by atoms with van der Waals surface area (Å²) in [6, 6.07) is 9.76. The van der Waals surface area contributed by atoms with Gasteiger partial charge in [-0.25, -0.2) is 4.98 Å². The highest BCUT2D eigenvalue weighted by Gasteiger charge is 2.06. The largest absolute Gasteiger partial charge is 0.351 e. The van der Waals surface area contributed by atoms with Crippen molar-refractivity contribution >= 4 is 23.5 Å². The number of anilines is 1. The molecule has 108 valence electrons. The molecular formula is C14H15N5OS. The molecule has 3 rings (SSSR count). The molecule has 2 aromatic heterocycles. The SMILES string of the molecule is CSc1ccc(CNc2nc3nc(C)cc(=O)n3[nH]2)cc1. The second-order valence-electron chi connectivity index (χ2n) is 4.65. The number of aryl methyl sites for hydroxylation is 1. The molecule has 0 fully saturated rings. The van der Waals surface area contributed by atoms with E-state index in [-0.39, 0.29) is 5.56 Å². The fraction of sp³-hybridized carbons (Fsp3) is 0.214. The summed E-state index contributed by atoms with van der Waals surface area (Å²) in [6.45, 7) is 2.40. The molecule has 0 aliphatic rings. The third-order valence-corrected chi connectivity index (χ3v) is 3.82. The molecule has 21 heavy (non-hydrogen) atoms. The van der Waals surface area contributed by atoms with Gasteiger partial charge in [0, 0.05) is 23.2 Å². The molecule has 0 aliphatic heterocycles. The second-order valence-corrected chi connectivity index (χ2v) is 5.52. The smallest absolute Gasteiger partial charge is 0.274 e. The number of rotatable bonds is 4. The van der Waals surface area contributed by atoms with Crippen LogP contribution in [0.5, 0.6) is 0 Å². The lowest BCUT2D eigenvalue weighted by Crippen LogP contribution is -2.14. The molecule has 3 aromatic rings. The third-order valence-electron chi connectivity index (χ3n) is 3.08. The maximum Gasteiger partial charge on any atom is 0.274 e. The number of benzene rings is 1. The second kappa shape index (κ2) is 5.61. The summed E-state index contributed by atoms with van der Waals surface area (Å²) in [7, 11) is 0. The van der Waals surface area contributed by atoms with Crippen LogP contribution in [0.2, 0.25) is 0 Å². The van der Waals surface area contributed by atoms with E-state index in [4.69, 9.17) is 0 Å². The van der Waals surface area contributed by atoms with Crippen molar-refractivity contribution in [3.63, 3.8) is 0 Å². The van der Waals surface area contributed by atoms with Crippen molar-refractivity contribution in [3.05, 3.63) is 51.9 Å². The monoisotopic (exact) mass is 301 g/mol. The van der Waals surface area contributed by atoms with Gasteiger partial charge >= 0.3 is 0 Å². The standard InChI is InChI=1S/C14H15N5OS/c1-9-7-12(20)19-14(16-9)17-13(18-19)15-8-10-3-5-11(21-2)6-4-10/h3-7H,8H2,1-2H3,(H2,15,16,17,18). The minimum atomic E-state index is -0.164. The molecule has 0 amide bonds. The van der Waals surface area contributed by atoms with Crippen LogP contribution < -0.4 is 10.9 Å². The van der Waals surface area contributed by atoms with Gasteiger partial charge in [0.15, 0.2) is 0 Å². The van der Waals surface area contributed by atoms with Crippen LogP contribution in [0.1, 0.15) is 11.3 Å². The van der Waals surface area contributed by atoms with Gasteiger partial charge in [-0.2, -0.15) is 9.50 Å². The van der Waals surface area contributed by atoms with E-state index < -0.39 is 0 Å². The van der Waals surface area contributed by atoms with Crippen molar-refractivity contribution in [1.82, 2.24) is 19.6 Å². The minimum Gasteiger partial charge on any atom is -0.351 e. The van der Waals surface area contributed by atoms with E-state index >= 15 is 0 Å². The number of fused-ring (bicyclic) bond motifs is 1. The Labute approximate surface area is 125 Å². The van der Waals surface area contributed by atoms with Gasteiger partial charge in [-0.1, -0.05) is 12.1 Å². The van der Waals surface area contributed by atoms with Gasteiger partial charge in [-0.05, 0) is 30.9 Å². The Kier molecular flexibility index (Phi) is 3.66. The molecule has 0 radical (unpaired) electrons. The van der Waals surface area contributed by atoms with Crippen LogP contribution in [0.4, 0.5) is 5.95 Å². The molecule has 0 saturated heterocycles. The number of thioether (sulfide) groups is 1. The van der Waals surface area contributed by atoms with Gasteiger partial charge in [-0.15, -0.1) is 11.8 Å². The van der Waals surface area contributed by atoms with Crippen molar-refractivity contribution < 1.29 is 0 Å². The van der Waals surface area contributed by atoms with Gasteiger partial charge in [0.1, 0.15) is 0 Å². The summed E-state index contributed by atoms with van der Waals surface area (Å²) in [5.41, 5.74) is 1.64. The van der Waals surface area contributed by atoms with Crippen molar-refractivity contribution in [2.45, 2.75) is 18.4 Å². The lowest BCUT2D eigenvalue weighted by atomic mass is 10.2. The van der Waals surface area contributed by atoms with Crippen molar-refractivity contribution in [2.24, 2.45) is 0 Å². The van der Waals surface area contributed by atoms with Crippen LogP contribution in [0.3, 0.4) is 0 Å². The number of H-pyrrole nitrogens is 1. The number of hydrogen-bond donors (Lipinski definition) is 2. The average Bonchev–Trinajstić information content (AvgIpc) is 2.89. The predicted octanol–water partition coefficient (Wildman–Crippen LogP) is 2.06. The zero-order valence-electron chi connectivity index (χ0n) is 11.8. The number of aromatic amines is 1. The van der Waals surface area contributed by atoms with E-state index in [2.05, 4.69) is 44.6 Å².